The molecule has 0 heterocycles. The fraction of sp³-hybridized carbons (Fsp3) is 1.00. The molecule has 0 unspecified atom stereocenters. The molecule has 0 radical (unpaired) electrons. The third kappa shape index (κ3) is 5.07. The monoisotopic (exact) mass is 170 g/mol. The van der Waals surface area contributed by atoms with Crippen LogP contribution in [0.5, 0.6) is 0 Å². The van der Waals surface area contributed by atoms with E-state index in [0.29, 0.717) is 6.42 Å². The summed E-state index contributed by atoms with van der Waals surface area (Å²) >= 11 is 0. The summed E-state index contributed by atoms with van der Waals surface area (Å²) in [5.41, 5.74) is 0. The van der Waals surface area contributed by atoms with Crippen molar-refractivity contribution in [2.45, 2.75) is 39.0 Å². The molecule has 0 spiro atoms. The average Bonchev–Trinajstić information content (AvgIpc) is 1.80. The van der Waals surface area contributed by atoms with Crippen molar-refractivity contribution in [2.75, 3.05) is 0 Å². The molecular weight excluding hydrogens is 157 g/mol. The maximum atomic E-state index is 11.6. The van der Waals surface area contributed by atoms with Crippen molar-refractivity contribution < 1.29 is 18.3 Å². The topological polar surface area (TPSA) is 20.2 Å². The van der Waals surface area contributed by atoms with Gasteiger partial charge in [0.2, 0.25) is 0 Å². The minimum Gasteiger partial charge on any atom is -0.384 e. The van der Waals surface area contributed by atoms with Gasteiger partial charge >= 0.3 is 6.18 Å². The minimum absolute atomic E-state index is 0.193. The number of alkyl halides is 3. The van der Waals surface area contributed by atoms with E-state index >= 15 is 0 Å². The molecular formula is C7H13F3O. The Kier molecular flexibility index (Phi) is 3.86. The summed E-state index contributed by atoms with van der Waals surface area (Å²) in [6, 6.07) is 0. The predicted octanol–water partition coefficient (Wildman–Crippen LogP) is 2.35. The lowest BCUT2D eigenvalue weighted by molar-refractivity contribution is -0.206. The van der Waals surface area contributed by atoms with Crippen molar-refractivity contribution in [2.24, 2.45) is 5.92 Å². The van der Waals surface area contributed by atoms with Crippen LogP contribution in [-0.4, -0.2) is 17.4 Å². The summed E-state index contributed by atoms with van der Waals surface area (Å²) in [5.74, 6) is 0.201. The summed E-state index contributed by atoms with van der Waals surface area (Å²) < 4.78 is 34.9. The van der Waals surface area contributed by atoms with Gasteiger partial charge in [0, 0.05) is 0 Å². The fourth-order valence-corrected chi connectivity index (χ4v) is 0.655. The lowest BCUT2D eigenvalue weighted by Gasteiger charge is -2.14. The molecule has 1 N–H and O–H groups in total. The standard InChI is InChI=1S/C7H13F3O/c1-5(2)3-4-6(11)7(8,9)10/h5-6,11H,3-4H2,1-2H3/t6-/m0/s1. The van der Waals surface area contributed by atoms with Crippen molar-refractivity contribution in [3.63, 3.8) is 0 Å². The van der Waals surface area contributed by atoms with E-state index in [4.69, 9.17) is 5.11 Å². The highest BCUT2D eigenvalue weighted by Crippen LogP contribution is 2.24. The van der Waals surface area contributed by atoms with Gasteiger partial charge in [-0.15, -0.1) is 0 Å². The van der Waals surface area contributed by atoms with Crippen LogP contribution >= 0.6 is 0 Å². The molecule has 4 heteroatoms. The van der Waals surface area contributed by atoms with E-state index in [0.717, 1.165) is 0 Å². The number of aliphatic hydroxyl groups excluding tert-OH is 1. The third-order valence-electron chi connectivity index (χ3n) is 1.40. The molecule has 0 aromatic rings. The second-order valence-electron chi connectivity index (χ2n) is 3.03. The van der Waals surface area contributed by atoms with Crippen molar-refractivity contribution in [1.82, 2.24) is 0 Å². The highest BCUT2D eigenvalue weighted by Gasteiger charge is 2.37. The van der Waals surface area contributed by atoms with Gasteiger partial charge in [0.1, 0.15) is 6.10 Å². The first kappa shape index (κ1) is 10.8. The van der Waals surface area contributed by atoms with Crippen LogP contribution in [0.15, 0.2) is 0 Å². The molecule has 0 saturated carbocycles. The Hall–Kier alpha value is -0.250. The second-order valence-corrected chi connectivity index (χ2v) is 3.03. The summed E-state index contributed by atoms with van der Waals surface area (Å²) in [7, 11) is 0. The van der Waals surface area contributed by atoms with E-state index in [1.54, 1.807) is 0 Å². The van der Waals surface area contributed by atoms with E-state index < -0.39 is 12.3 Å². The molecule has 11 heavy (non-hydrogen) atoms. The number of rotatable bonds is 3. The molecule has 0 aliphatic rings. The first-order valence-electron chi connectivity index (χ1n) is 3.59. The van der Waals surface area contributed by atoms with Gasteiger partial charge < -0.3 is 5.11 Å². The van der Waals surface area contributed by atoms with E-state index in [2.05, 4.69) is 0 Å². The molecule has 68 valence electrons. The van der Waals surface area contributed by atoms with Gasteiger partial charge in [-0.3, -0.25) is 0 Å². The summed E-state index contributed by atoms with van der Waals surface area (Å²) in [4.78, 5) is 0. The Bertz CT molecular complexity index is 109. The molecule has 0 rings (SSSR count). The largest absolute Gasteiger partial charge is 0.414 e. The molecule has 0 aromatic carbocycles. The molecule has 0 saturated heterocycles. The number of hydrogen-bond donors (Lipinski definition) is 1. The minimum atomic E-state index is -4.45. The van der Waals surface area contributed by atoms with Crippen LogP contribution in [0.25, 0.3) is 0 Å². The van der Waals surface area contributed by atoms with Crippen molar-refractivity contribution in [3.05, 3.63) is 0 Å². The first-order chi connectivity index (χ1) is 4.84. The van der Waals surface area contributed by atoms with E-state index in [-0.39, 0.29) is 12.3 Å². The fourth-order valence-electron chi connectivity index (χ4n) is 0.655. The smallest absolute Gasteiger partial charge is 0.384 e. The Labute approximate surface area is 64.2 Å². The number of aliphatic hydroxyl groups is 1. The van der Waals surface area contributed by atoms with E-state index in [1.165, 1.54) is 0 Å². The highest BCUT2D eigenvalue weighted by atomic mass is 19.4. The van der Waals surface area contributed by atoms with Crippen LogP contribution in [0.3, 0.4) is 0 Å². The van der Waals surface area contributed by atoms with E-state index in [1.807, 2.05) is 13.8 Å². The molecule has 0 fully saturated rings. The molecule has 0 aliphatic carbocycles. The van der Waals surface area contributed by atoms with Gasteiger partial charge in [0.05, 0.1) is 0 Å². The summed E-state index contributed by atoms with van der Waals surface area (Å²) in [6.45, 7) is 3.65. The van der Waals surface area contributed by atoms with Gasteiger partial charge in [0.15, 0.2) is 0 Å². The van der Waals surface area contributed by atoms with Gasteiger partial charge in [-0.2, -0.15) is 13.2 Å². The second kappa shape index (κ2) is 3.95. The summed E-state index contributed by atoms with van der Waals surface area (Å²) in [5, 5.41) is 8.51. The highest BCUT2D eigenvalue weighted by molar-refractivity contribution is 4.65. The number of halogens is 3. The summed E-state index contributed by atoms with van der Waals surface area (Å²) in [6.07, 6.45) is -6.39. The Morgan fingerprint density at radius 2 is 1.64 bits per heavy atom. The normalized spacial score (nSPS) is 15.5. The first-order valence-corrected chi connectivity index (χ1v) is 3.59. The van der Waals surface area contributed by atoms with Gasteiger partial charge in [-0.05, 0) is 18.8 Å². The van der Waals surface area contributed by atoms with Crippen LogP contribution in [-0.2, 0) is 0 Å². The van der Waals surface area contributed by atoms with Crippen LogP contribution in [0.1, 0.15) is 26.7 Å². The van der Waals surface area contributed by atoms with Crippen molar-refractivity contribution >= 4 is 0 Å². The average molecular weight is 170 g/mol. The quantitative estimate of drug-likeness (QED) is 0.689. The maximum Gasteiger partial charge on any atom is 0.414 e. The lowest BCUT2D eigenvalue weighted by atomic mass is 10.1. The van der Waals surface area contributed by atoms with Gasteiger partial charge in [0.25, 0.3) is 0 Å². The third-order valence-corrected chi connectivity index (χ3v) is 1.40. The van der Waals surface area contributed by atoms with E-state index in [9.17, 15) is 13.2 Å². The number of hydrogen-bond acceptors (Lipinski definition) is 1. The molecule has 1 atom stereocenters. The Balaban J connectivity index is 3.61. The van der Waals surface area contributed by atoms with Crippen molar-refractivity contribution in [1.29, 1.82) is 0 Å². The SMILES string of the molecule is CC(C)CC[C@H](O)C(F)(F)F. The van der Waals surface area contributed by atoms with Gasteiger partial charge in [-0.1, -0.05) is 13.8 Å². The zero-order valence-electron chi connectivity index (χ0n) is 6.65. The molecule has 0 amide bonds. The molecule has 0 aromatic heterocycles. The zero-order valence-corrected chi connectivity index (χ0v) is 6.65. The maximum absolute atomic E-state index is 11.6. The molecule has 0 aliphatic heterocycles. The van der Waals surface area contributed by atoms with Crippen LogP contribution in [0.2, 0.25) is 0 Å². The van der Waals surface area contributed by atoms with Crippen molar-refractivity contribution in [3.8, 4) is 0 Å². The zero-order chi connectivity index (χ0) is 9.07. The van der Waals surface area contributed by atoms with Crippen LogP contribution in [0, 0.1) is 5.92 Å². The van der Waals surface area contributed by atoms with Crippen LogP contribution < -0.4 is 0 Å². The predicted molar refractivity (Wildman–Crippen MR) is 36.1 cm³/mol. The van der Waals surface area contributed by atoms with Gasteiger partial charge in [-0.25, -0.2) is 0 Å². The Morgan fingerprint density at radius 1 is 1.18 bits per heavy atom. The molecule has 1 nitrogen and oxygen atoms in total. The van der Waals surface area contributed by atoms with Crippen LogP contribution in [0.4, 0.5) is 13.2 Å². The lowest BCUT2D eigenvalue weighted by Crippen LogP contribution is -2.28. The Morgan fingerprint density at radius 3 is 1.91 bits per heavy atom. The molecule has 0 bridgehead atoms.